The lowest BCUT2D eigenvalue weighted by Crippen LogP contribution is -2.29. The number of rotatable bonds is 3. The van der Waals surface area contributed by atoms with Crippen molar-refractivity contribution >= 4 is 17.4 Å². The van der Waals surface area contributed by atoms with E-state index in [9.17, 15) is 4.79 Å². The van der Waals surface area contributed by atoms with Gasteiger partial charge in [0.25, 0.3) is 5.91 Å². The normalized spacial score (nSPS) is 11.5. The monoisotopic (exact) mass is 287 g/mol. The Kier molecular flexibility index (Phi) is 3.93. The number of amides is 1. The Morgan fingerprint density at radius 2 is 2.05 bits per heavy atom. The summed E-state index contributed by atoms with van der Waals surface area (Å²) in [4.78, 5) is 14.0. The molecular weight excluding hydrogens is 270 g/mol. The number of benzene rings is 1. The minimum absolute atomic E-state index is 0.0480. The Morgan fingerprint density at radius 1 is 1.38 bits per heavy atom. The number of nitrogens with zero attached hydrogens (tertiary/aromatic N) is 4. The van der Waals surface area contributed by atoms with Gasteiger partial charge in [0.15, 0.2) is 5.84 Å². The van der Waals surface area contributed by atoms with Gasteiger partial charge in [-0.1, -0.05) is 17.3 Å². The van der Waals surface area contributed by atoms with Gasteiger partial charge in [0.2, 0.25) is 0 Å². The molecule has 0 spiro atoms. The number of anilines is 1. The number of carbonyl (C=O) groups is 1. The topological polar surface area (TPSA) is 96.7 Å². The third-order valence-corrected chi connectivity index (χ3v) is 3.42. The molecule has 21 heavy (non-hydrogen) atoms. The molecule has 110 valence electrons. The molecule has 2 aromatic rings. The van der Waals surface area contributed by atoms with Crippen LogP contribution in [0, 0.1) is 6.92 Å². The smallest absolute Gasteiger partial charge is 0.261 e. The van der Waals surface area contributed by atoms with Gasteiger partial charge in [0.1, 0.15) is 0 Å². The first-order valence-electron chi connectivity index (χ1n) is 6.31. The number of carbonyl (C=O) groups excluding carboxylic acids is 1. The quantitative estimate of drug-likeness (QED) is 0.382. The second-order valence-electron chi connectivity index (χ2n) is 4.63. The van der Waals surface area contributed by atoms with E-state index in [4.69, 9.17) is 10.9 Å². The molecule has 0 saturated heterocycles. The average Bonchev–Trinajstić information content (AvgIpc) is 2.84. The molecule has 0 bridgehead atoms. The highest BCUT2D eigenvalue weighted by Gasteiger charge is 2.21. The maximum atomic E-state index is 12.6. The van der Waals surface area contributed by atoms with Gasteiger partial charge in [-0.2, -0.15) is 5.10 Å². The van der Waals surface area contributed by atoms with Crippen molar-refractivity contribution in [1.29, 1.82) is 0 Å². The second-order valence-corrected chi connectivity index (χ2v) is 4.63. The number of para-hydroxylation sites is 1. The summed E-state index contributed by atoms with van der Waals surface area (Å²) in [5, 5.41) is 15.9. The zero-order valence-corrected chi connectivity index (χ0v) is 12.1. The van der Waals surface area contributed by atoms with Crippen LogP contribution >= 0.6 is 0 Å². The zero-order chi connectivity index (χ0) is 15.6. The molecule has 0 aliphatic carbocycles. The highest BCUT2D eigenvalue weighted by atomic mass is 16.4. The van der Waals surface area contributed by atoms with Gasteiger partial charge in [-0.15, -0.1) is 0 Å². The van der Waals surface area contributed by atoms with Crippen molar-refractivity contribution < 1.29 is 10.0 Å². The van der Waals surface area contributed by atoms with Crippen LogP contribution in [0.3, 0.4) is 0 Å². The fourth-order valence-electron chi connectivity index (χ4n) is 2.04. The molecule has 1 amide bonds. The second kappa shape index (κ2) is 5.66. The van der Waals surface area contributed by atoms with Crippen LogP contribution in [-0.4, -0.2) is 33.8 Å². The fraction of sp³-hybridized carbons (Fsp3) is 0.214. The lowest BCUT2D eigenvalue weighted by Gasteiger charge is -2.20. The van der Waals surface area contributed by atoms with Crippen LogP contribution in [0.5, 0.6) is 0 Å². The van der Waals surface area contributed by atoms with Crippen molar-refractivity contribution in [3.8, 4) is 0 Å². The number of amidine groups is 1. The molecule has 7 nitrogen and oxygen atoms in total. The summed E-state index contributed by atoms with van der Waals surface area (Å²) in [5.41, 5.74) is 7.97. The lowest BCUT2D eigenvalue weighted by atomic mass is 10.1. The minimum atomic E-state index is -0.209. The molecule has 1 aromatic heterocycles. The summed E-state index contributed by atoms with van der Waals surface area (Å²) >= 11 is 0. The van der Waals surface area contributed by atoms with E-state index in [-0.39, 0.29) is 11.7 Å². The van der Waals surface area contributed by atoms with Crippen molar-refractivity contribution in [2.24, 2.45) is 17.9 Å². The molecule has 0 unspecified atom stereocenters. The van der Waals surface area contributed by atoms with Crippen LogP contribution in [0.2, 0.25) is 0 Å². The van der Waals surface area contributed by atoms with Gasteiger partial charge in [-0.3, -0.25) is 9.48 Å². The van der Waals surface area contributed by atoms with Gasteiger partial charge in [-0.05, 0) is 19.1 Å². The van der Waals surface area contributed by atoms with Crippen molar-refractivity contribution in [2.75, 3.05) is 11.9 Å². The summed E-state index contributed by atoms with van der Waals surface area (Å²) in [6, 6.07) is 6.95. The molecule has 3 N–H and O–H groups in total. The maximum absolute atomic E-state index is 12.6. The Hall–Kier alpha value is -2.83. The van der Waals surface area contributed by atoms with E-state index in [1.54, 1.807) is 43.0 Å². The average molecular weight is 287 g/mol. The van der Waals surface area contributed by atoms with Gasteiger partial charge >= 0.3 is 0 Å². The van der Waals surface area contributed by atoms with Crippen molar-refractivity contribution in [1.82, 2.24) is 9.78 Å². The molecule has 7 heteroatoms. The molecule has 1 heterocycles. The molecule has 0 fully saturated rings. The summed E-state index contributed by atoms with van der Waals surface area (Å²) in [6.07, 6.45) is 1.53. The van der Waals surface area contributed by atoms with E-state index < -0.39 is 0 Å². The maximum Gasteiger partial charge on any atom is 0.261 e. The van der Waals surface area contributed by atoms with Gasteiger partial charge in [-0.25, -0.2) is 0 Å². The van der Waals surface area contributed by atoms with Crippen LogP contribution in [0.25, 0.3) is 0 Å². The lowest BCUT2D eigenvalue weighted by molar-refractivity contribution is 0.0992. The first-order valence-corrected chi connectivity index (χ1v) is 6.31. The number of aromatic nitrogens is 2. The summed E-state index contributed by atoms with van der Waals surface area (Å²) in [5.74, 6) is -0.257. The first kappa shape index (κ1) is 14.6. The number of aryl methyl sites for hydroxylation is 1. The predicted octanol–water partition coefficient (Wildman–Crippen LogP) is 1.10. The first-order chi connectivity index (χ1) is 9.97. The number of nitrogens with two attached hydrogens (primary N) is 1. The third kappa shape index (κ3) is 2.58. The van der Waals surface area contributed by atoms with Crippen LogP contribution in [-0.2, 0) is 7.05 Å². The van der Waals surface area contributed by atoms with E-state index >= 15 is 0 Å². The van der Waals surface area contributed by atoms with Crippen molar-refractivity contribution in [3.05, 3.63) is 47.3 Å². The van der Waals surface area contributed by atoms with E-state index in [0.717, 1.165) is 5.69 Å². The zero-order valence-electron chi connectivity index (χ0n) is 12.1. The molecule has 0 saturated carbocycles. The fourth-order valence-corrected chi connectivity index (χ4v) is 2.04. The number of oxime groups is 1. The molecule has 0 aliphatic rings. The summed E-state index contributed by atoms with van der Waals surface area (Å²) in [7, 11) is 3.41. The predicted molar refractivity (Wildman–Crippen MR) is 79.6 cm³/mol. The molecule has 2 rings (SSSR count). The molecule has 1 aromatic carbocycles. The van der Waals surface area contributed by atoms with Crippen molar-refractivity contribution in [3.63, 3.8) is 0 Å². The van der Waals surface area contributed by atoms with Gasteiger partial charge < -0.3 is 15.8 Å². The van der Waals surface area contributed by atoms with E-state index in [0.29, 0.717) is 16.8 Å². The largest absolute Gasteiger partial charge is 0.409 e. The highest BCUT2D eigenvalue weighted by molar-refractivity contribution is 6.11. The van der Waals surface area contributed by atoms with E-state index in [2.05, 4.69) is 10.3 Å². The van der Waals surface area contributed by atoms with Crippen molar-refractivity contribution in [2.45, 2.75) is 6.92 Å². The van der Waals surface area contributed by atoms with E-state index in [1.165, 1.54) is 11.1 Å². The van der Waals surface area contributed by atoms with Crippen LogP contribution in [0.15, 0.2) is 35.6 Å². The molecule has 0 radical (unpaired) electrons. The number of hydrogen-bond donors (Lipinski definition) is 2. The number of hydrogen-bond acceptors (Lipinski definition) is 4. The Labute approximate surface area is 122 Å². The molecular formula is C14H17N5O2. The molecule has 0 aliphatic heterocycles. The minimum Gasteiger partial charge on any atom is -0.409 e. The third-order valence-electron chi connectivity index (χ3n) is 3.42. The van der Waals surface area contributed by atoms with Crippen LogP contribution in [0.4, 0.5) is 5.69 Å². The highest BCUT2D eigenvalue weighted by Crippen LogP contribution is 2.21. The van der Waals surface area contributed by atoms with Crippen LogP contribution < -0.4 is 10.6 Å². The Morgan fingerprint density at radius 3 is 2.62 bits per heavy atom. The Bertz CT molecular complexity index is 705. The van der Waals surface area contributed by atoms with E-state index in [1.807, 2.05) is 6.92 Å². The summed E-state index contributed by atoms with van der Waals surface area (Å²) in [6.45, 7) is 1.82. The van der Waals surface area contributed by atoms with Gasteiger partial charge in [0, 0.05) is 25.4 Å². The standard InChI is InChI=1S/C14H17N5O2/c1-9-11(8-16-19(9)3)14(20)18(2)12-7-5-4-6-10(12)13(15)17-21/h4-8,21H,1-3H3,(H2,15,17). The molecule has 0 atom stereocenters. The Balaban J connectivity index is 2.43. The van der Waals surface area contributed by atoms with Gasteiger partial charge in [0.05, 0.1) is 17.4 Å². The van der Waals surface area contributed by atoms with Crippen LogP contribution in [0.1, 0.15) is 21.6 Å². The SMILES string of the molecule is Cc1c(C(=O)N(C)c2ccccc2/C(N)=N/O)cnn1C. The summed E-state index contributed by atoms with van der Waals surface area (Å²) < 4.78 is 1.64.